The Morgan fingerprint density at radius 1 is 1.24 bits per heavy atom. The minimum atomic E-state index is -0.322. The Morgan fingerprint density at radius 2 is 2.10 bits per heavy atom. The maximum atomic E-state index is 9.80. The van der Waals surface area contributed by atoms with Crippen LogP contribution in [0.1, 0.15) is 35.0 Å². The van der Waals surface area contributed by atoms with Gasteiger partial charge in [0, 0.05) is 17.8 Å². The average molecular weight is 285 g/mol. The van der Waals surface area contributed by atoms with Crippen LogP contribution in [0.5, 0.6) is 11.5 Å². The minimum absolute atomic E-state index is 0.322. The summed E-state index contributed by atoms with van der Waals surface area (Å²) in [7, 11) is 1.64. The van der Waals surface area contributed by atoms with Crippen molar-refractivity contribution in [2.45, 2.75) is 32.5 Å². The van der Waals surface area contributed by atoms with Crippen LogP contribution in [-0.2, 0) is 13.0 Å². The molecule has 1 aromatic carbocycles. The number of hydrogen-bond donors (Lipinski definition) is 1. The lowest BCUT2D eigenvalue weighted by atomic mass is 10.1. The molecule has 2 aromatic rings. The largest absolute Gasteiger partial charge is 0.497 e. The van der Waals surface area contributed by atoms with Crippen LogP contribution in [0.4, 0.5) is 0 Å². The lowest BCUT2D eigenvalue weighted by Gasteiger charge is -2.10. The molecule has 1 heterocycles. The number of hydrogen-bond acceptors (Lipinski definition) is 4. The van der Waals surface area contributed by atoms with Gasteiger partial charge in [-0.05, 0) is 43.0 Å². The predicted molar refractivity (Wildman–Crippen MR) is 79.6 cm³/mol. The molecule has 0 amide bonds. The van der Waals surface area contributed by atoms with E-state index in [0.29, 0.717) is 6.61 Å². The number of methoxy groups -OCH3 is 1. The van der Waals surface area contributed by atoms with Gasteiger partial charge in [-0.1, -0.05) is 6.07 Å². The van der Waals surface area contributed by atoms with E-state index in [9.17, 15) is 5.11 Å². The molecule has 0 saturated carbocycles. The quantitative estimate of drug-likeness (QED) is 0.938. The van der Waals surface area contributed by atoms with Crippen molar-refractivity contribution in [2.75, 3.05) is 7.11 Å². The Bertz CT molecular complexity index is 654. The number of aliphatic hydroxyl groups is 1. The lowest BCUT2D eigenvalue weighted by Crippen LogP contribution is -2.01. The Morgan fingerprint density at radius 3 is 2.90 bits per heavy atom. The van der Waals surface area contributed by atoms with Crippen molar-refractivity contribution in [1.82, 2.24) is 4.98 Å². The first kappa shape index (κ1) is 13.9. The first-order chi connectivity index (χ1) is 10.2. The molecule has 1 atom stereocenters. The third kappa shape index (κ3) is 3.00. The van der Waals surface area contributed by atoms with Crippen LogP contribution >= 0.6 is 0 Å². The molecule has 4 heteroatoms. The number of aliphatic hydroxyl groups excluding tert-OH is 1. The van der Waals surface area contributed by atoms with Gasteiger partial charge in [0.2, 0.25) is 0 Å². The van der Waals surface area contributed by atoms with E-state index >= 15 is 0 Å². The van der Waals surface area contributed by atoms with Crippen molar-refractivity contribution in [3.05, 3.63) is 52.8 Å². The molecule has 4 nitrogen and oxygen atoms in total. The molecule has 3 rings (SSSR count). The summed E-state index contributed by atoms with van der Waals surface area (Å²) in [6, 6.07) is 9.63. The van der Waals surface area contributed by atoms with Gasteiger partial charge >= 0.3 is 0 Å². The Kier molecular flexibility index (Phi) is 3.80. The highest BCUT2D eigenvalue weighted by atomic mass is 16.5. The predicted octanol–water partition coefficient (Wildman–Crippen LogP) is 2.96. The van der Waals surface area contributed by atoms with E-state index in [4.69, 9.17) is 9.47 Å². The molecule has 110 valence electrons. The third-order valence-electron chi connectivity index (χ3n) is 3.76. The fraction of sp³-hybridized carbons (Fsp3) is 0.353. The molecular formula is C17H19NO3. The zero-order valence-corrected chi connectivity index (χ0v) is 12.3. The van der Waals surface area contributed by atoms with E-state index in [1.807, 2.05) is 37.3 Å². The first-order valence-corrected chi connectivity index (χ1v) is 7.11. The van der Waals surface area contributed by atoms with E-state index in [2.05, 4.69) is 4.98 Å². The zero-order valence-electron chi connectivity index (χ0n) is 12.3. The molecule has 1 aliphatic rings. The SMILES string of the molecule is COc1cc(C)nc(COc2ccc3c(c2)CCC3O)c1. The number of aromatic nitrogens is 1. The van der Waals surface area contributed by atoms with Crippen molar-refractivity contribution in [3.63, 3.8) is 0 Å². The van der Waals surface area contributed by atoms with Gasteiger partial charge in [-0.2, -0.15) is 0 Å². The molecule has 0 spiro atoms. The zero-order chi connectivity index (χ0) is 14.8. The van der Waals surface area contributed by atoms with Gasteiger partial charge in [0.15, 0.2) is 0 Å². The van der Waals surface area contributed by atoms with Gasteiger partial charge in [-0.15, -0.1) is 0 Å². The second kappa shape index (κ2) is 5.74. The summed E-state index contributed by atoms with van der Waals surface area (Å²) in [5.41, 5.74) is 3.95. The highest BCUT2D eigenvalue weighted by molar-refractivity contribution is 5.40. The summed E-state index contributed by atoms with van der Waals surface area (Å²) in [6.07, 6.45) is 1.39. The van der Waals surface area contributed by atoms with Crippen molar-refractivity contribution in [3.8, 4) is 11.5 Å². The average Bonchev–Trinajstić information content (AvgIpc) is 2.85. The van der Waals surface area contributed by atoms with E-state index in [-0.39, 0.29) is 6.10 Å². The maximum absolute atomic E-state index is 9.80. The number of ether oxygens (including phenoxy) is 2. The van der Waals surface area contributed by atoms with Crippen molar-refractivity contribution in [2.24, 2.45) is 0 Å². The van der Waals surface area contributed by atoms with Gasteiger partial charge in [-0.25, -0.2) is 0 Å². The lowest BCUT2D eigenvalue weighted by molar-refractivity contribution is 0.180. The van der Waals surface area contributed by atoms with Gasteiger partial charge in [0.05, 0.1) is 18.9 Å². The Hall–Kier alpha value is -2.07. The van der Waals surface area contributed by atoms with Gasteiger partial charge in [0.25, 0.3) is 0 Å². The van der Waals surface area contributed by atoms with Gasteiger partial charge < -0.3 is 14.6 Å². The minimum Gasteiger partial charge on any atom is -0.497 e. The standard InChI is InChI=1S/C17H19NO3/c1-11-7-15(20-2)9-13(18-11)10-21-14-4-5-16-12(8-14)3-6-17(16)19/h4-5,7-9,17,19H,3,6,10H2,1-2H3. The van der Waals surface area contributed by atoms with Gasteiger partial charge in [-0.3, -0.25) is 4.98 Å². The topological polar surface area (TPSA) is 51.6 Å². The summed E-state index contributed by atoms with van der Waals surface area (Å²) in [6.45, 7) is 2.34. The molecule has 21 heavy (non-hydrogen) atoms. The summed E-state index contributed by atoms with van der Waals surface area (Å²) in [4.78, 5) is 4.44. The van der Waals surface area contributed by atoms with Crippen LogP contribution in [-0.4, -0.2) is 17.2 Å². The van der Waals surface area contributed by atoms with Crippen molar-refractivity contribution < 1.29 is 14.6 Å². The van der Waals surface area contributed by atoms with Crippen molar-refractivity contribution >= 4 is 0 Å². The summed E-state index contributed by atoms with van der Waals surface area (Å²) in [5, 5.41) is 9.80. The number of pyridine rings is 1. The molecule has 0 saturated heterocycles. The third-order valence-corrected chi connectivity index (χ3v) is 3.76. The molecular weight excluding hydrogens is 266 g/mol. The van der Waals surface area contributed by atoms with E-state index in [1.54, 1.807) is 7.11 Å². The monoisotopic (exact) mass is 285 g/mol. The first-order valence-electron chi connectivity index (χ1n) is 7.11. The number of nitrogens with zero attached hydrogens (tertiary/aromatic N) is 1. The van der Waals surface area contributed by atoms with Crippen LogP contribution < -0.4 is 9.47 Å². The smallest absolute Gasteiger partial charge is 0.130 e. The molecule has 1 N–H and O–H groups in total. The summed E-state index contributed by atoms with van der Waals surface area (Å²) < 4.78 is 11.0. The van der Waals surface area contributed by atoms with Crippen LogP contribution in [0.15, 0.2) is 30.3 Å². The summed E-state index contributed by atoms with van der Waals surface area (Å²) in [5.74, 6) is 1.60. The second-order valence-corrected chi connectivity index (χ2v) is 5.34. The van der Waals surface area contributed by atoms with E-state index < -0.39 is 0 Å². The number of aryl methyl sites for hydroxylation is 2. The van der Waals surface area contributed by atoms with Crippen LogP contribution in [0, 0.1) is 6.92 Å². The number of rotatable bonds is 4. The Labute approximate surface area is 124 Å². The van der Waals surface area contributed by atoms with E-state index in [0.717, 1.165) is 41.3 Å². The highest BCUT2D eigenvalue weighted by Gasteiger charge is 2.20. The van der Waals surface area contributed by atoms with Crippen LogP contribution in [0.25, 0.3) is 0 Å². The molecule has 0 aliphatic heterocycles. The molecule has 0 radical (unpaired) electrons. The molecule has 1 aliphatic carbocycles. The molecule has 1 unspecified atom stereocenters. The fourth-order valence-corrected chi connectivity index (χ4v) is 2.71. The maximum Gasteiger partial charge on any atom is 0.130 e. The normalized spacial score (nSPS) is 16.6. The van der Waals surface area contributed by atoms with Gasteiger partial charge in [0.1, 0.15) is 18.1 Å². The second-order valence-electron chi connectivity index (χ2n) is 5.34. The highest BCUT2D eigenvalue weighted by Crippen LogP contribution is 2.33. The Balaban J connectivity index is 1.72. The van der Waals surface area contributed by atoms with Crippen LogP contribution in [0.3, 0.4) is 0 Å². The fourth-order valence-electron chi connectivity index (χ4n) is 2.71. The molecule has 0 bridgehead atoms. The van der Waals surface area contributed by atoms with E-state index in [1.165, 1.54) is 5.56 Å². The molecule has 1 aromatic heterocycles. The van der Waals surface area contributed by atoms with Crippen LogP contribution in [0.2, 0.25) is 0 Å². The number of fused-ring (bicyclic) bond motifs is 1. The molecule has 0 fully saturated rings. The number of benzene rings is 1. The van der Waals surface area contributed by atoms with Crippen molar-refractivity contribution in [1.29, 1.82) is 0 Å². The summed E-state index contributed by atoms with van der Waals surface area (Å²) >= 11 is 0.